The molecule has 1 aromatic carbocycles. The molecule has 0 spiro atoms. The summed E-state index contributed by atoms with van der Waals surface area (Å²) in [4.78, 5) is 25.8. The quantitative estimate of drug-likeness (QED) is 0.783. The molecule has 0 bridgehead atoms. The van der Waals surface area contributed by atoms with Crippen LogP contribution in [0.1, 0.15) is 18.4 Å². The lowest BCUT2D eigenvalue weighted by Crippen LogP contribution is -2.50. The minimum Gasteiger partial charge on any atom is -0.356 e. The number of amides is 2. The van der Waals surface area contributed by atoms with E-state index in [4.69, 9.17) is 0 Å². The first-order valence-electron chi connectivity index (χ1n) is 7.62. The fraction of sp³-hybridized carbons (Fsp3) is 0.500. The Morgan fingerprint density at radius 3 is 2.86 bits per heavy atom. The molecule has 112 valence electrons. The molecule has 21 heavy (non-hydrogen) atoms. The Kier molecular flexibility index (Phi) is 4.20. The molecule has 2 aliphatic rings. The van der Waals surface area contributed by atoms with E-state index >= 15 is 0 Å². The van der Waals surface area contributed by atoms with Gasteiger partial charge in [0, 0.05) is 38.3 Å². The summed E-state index contributed by atoms with van der Waals surface area (Å²) in [6.45, 7) is 2.90. The Hall–Kier alpha value is -1.88. The van der Waals surface area contributed by atoms with E-state index in [-0.39, 0.29) is 17.7 Å². The molecule has 5 heteroatoms. The molecule has 0 aromatic heterocycles. The average Bonchev–Trinajstić information content (AvgIpc) is 2.85. The van der Waals surface area contributed by atoms with Gasteiger partial charge in [0.25, 0.3) is 0 Å². The molecule has 2 aliphatic heterocycles. The fourth-order valence-electron chi connectivity index (χ4n) is 2.80. The lowest BCUT2D eigenvalue weighted by atomic mass is 10.0. The van der Waals surface area contributed by atoms with Crippen LogP contribution in [-0.4, -0.2) is 38.0 Å². The molecule has 3 rings (SSSR count). The summed E-state index contributed by atoms with van der Waals surface area (Å²) in [6, 6.07) is 8.07. The van der Waals surface area contributed by atoms with E-state index in [9.17, 15) is 9.59 Å². The lowest BCUT2D eigenvalue weighted by molar-refractivity contribution is -0.126. The number of carbonyl (C=O) groups is 2. The molecule has 0 saturated carbocycles. The summed E-state index contributed by atoms with van der Waals surface area (Å²) in [5.74, 6) is 0.374. The minimum atomic E-state index is 0.104. The van der Waals surface area contributed by atoms with Crippen LogP contribution >= 0.6 is 0 Å². The van der Waals surface area contributed by atoms with Crippen molar-refractivity contribution >= 4 is 17.5 Å². The van der Waals surface area contributed by atoms with E-state index in [1.165, 1.54) is 5.56 Å². The van der Waals surface area contributed by atoms with Crippen molar-refractivity contribution in [2.24, 2.45) is 5.92 Å². The summed E-state index contributed by atoms with van der Waals surface area (Å²) in [7, 11) is 0. The van der Waals surface area contributed by atoms with Gasteiger partial charge in [-0.05, 0) is 24.5 Å². The highest BCUT2D eigenvalue weighted by Crippen LogP contribution is 2.27. The zero-order valence-corrected chi connectivity index (χ0v) is 12.1. The van der Waals surface area contributed by atoms with Crippen molar-refractivity contribution in [3.05, 3.63) is 29.8 Å². The smallest absolute Gasteiger partial charge is 0.227 e. The third-order valence-electron chi connectivity index (χ3n) is 4.21. The van der Waals surface area contributed by atoms with Crippen LogP contribution in [0.3, 0.4) is 0 Å². The number of nitrogens with one attached hydrogen (secondary N) is 2. The van der Waals surface area contributed by atoms with Gasteiger partial charge in [-0.3, -0.25) is 9.59 Å². The van der Waals surface area contributed by atoms with Gasteiger partial charge in [0.2, 0.25) is 11.8 Å². The van der Waals surface area contributed by atoms with Crippen molar-refractivity contribution in [3.8, 4) is 0 Å². The minimum absolute atomic E-state index is 0.104. The number of anilines is 1. The third-order valence-corrected chi connectivity index (χ3v) is 4.21. The number of para-hydroxylation sites is 1. The summed E-state index contributed by atoms with van der Waals surface area (Å²) in [6.07, 6.45) is 2.12. The number of hydrogen-bond donors (Lipinski definition) is 2. The van der Waals surface area contributed by atoms with Gasteiger partial charge < -0.3 is 15.5 Å². The van der Waals surface area contributed by atoms with Crippen molar-refractivity contribution in [2.45, 2.75) is 19.3 Å². The fourth-order valence-corrected chi connectivity index (χ4v) is 2.80. The Bertz CT molecular complexity index is 540. The largest absolute Gasteiger partial charge is 0.356 e. The summed E-state index contributed by atoms with van der Waals surface area (Å²) >= 11 is 0. The Morgan fingerprint density at radius 1 is 1.29 bits per heavy atom. The topological polar surface area (TPSA) is 61.4 Å². The maximum absolute atomic E-state index is 12.3. The van der Waals surface area contributed by atoms with Gasteiger partial charge in [-0.1, -0.05) is 18.2 Å². The second kappa shape index (κ2) is 6.26. The van der Waals surface area contributed by atoms with E-state index in [0.717, 1.165) is 31.7 Å². The predicted molar refractivity (Wildman–Crippen MR) is 81.1 cm³/mol. The number of carbonyl (C=O) groups excluding carboxylic acids is 2. The zero-order valence-electron chi connectivity index (χ0n) is 12.1. The van der Waals surface area contributed by atoms with E-state index < -0.39 is 0 Å². The van der Waals surface area contributed by atoms with Gasteiger partial charge in [0.1, 0.15) is 0 Å². The molecule has 0 radical (unpaired) electrons. The van der Waals surface area contributed by atoms with E-state index in [0.29, 0.717) is 19.4 Å². The molecule has 0 atom stereocenters. The third kappa shape index (κ3) is 3.08. The Labute approximate surface area is 124 Å². The van der Waals surface area contributed by atoms with Crippen LogP contribution < -0.4 is 15.5 Å². The normalized spacial score (nSPS) is 17.2. The number of rotatable bonds is 5. The molecule has 2 N–H and O–H groups in total. The van der Waals surface area contributed by atoms with Crippen LogP contribution in [0.4, 0.5) is 5.69 Å². The van der Waals surface area contributed by atoms with Crippen LogP contribution in [0.15, 0.2) is 24.3 Å². The second-order valence-electron chi connectivity index (χ2n) is 5.67. The number of nitrogens with zero attached hydrogens (tertiary/aromatic N) is 1. The maximum Gasteiger partial charge on any atom is 0.227 e. The molecule has 1 saturated heterocycles. The molecule has 0 aliphatic carbocycles. The summed E-state index contributed by atoms with van der Waals surface area (Å²) in [5, 5.41) is 5.98. The van der Waals surface area contributed by atoms with Crippen LogP contribution in [0.5, 0.6) is 0 Å². The highest BCUT2D eigenvalue weighted by molar-refractivity contribution is 5.95. The van der Waals surface area contributed by atoms with Crippen LogP contribution in [0, 0.1) is 5.92 Å². The Morgan fingerprint density at radius 2 is 2.10 bits per heavy atom. The van der Waals surface area contributed by atoms with Crippen molar-refractivity contribution in [3.63, 3.8) is 0 Å². The van der Waals surface area contributed by atoms with Gasteiger partial charge in [-0.15, -0.1) is 0 Å². The van der Waals surface area contributed by atoms with Crippen LogP contribution in [0.2, 0.25) is 0 Å². The van der Waals surface area contributed by atoms with Gasteiger partial charge in [-0.25, -0.2) is 0 Å². The average molecular weight is 287 g/mol. The van der Waals surface area contributed by atoms with Crippen LogP contribution in [-0.2, 0) is 16.0 Å². The first kappa shape index (κ1) is 14.1. The van der Waals surface area contributed by atoms with E-state index in [1.807, 2.05) is 23.1 Å². The Balaban J connectivity index is 1.42. The van der Waals surface area contributed by atoms with Gasteiger partial charge in [0.15, 0.2) is 0 Å². The molecule has 2 amide bonds. The van der Waals surface area contributed by atoms with Gasteiger partial charge >= 0.3 is 0 Å². The summed E-state index contributed by atoms with van der Waals surface area (Å²) in [5.41, 5.74) is 2.30. The van der Waals surface area contributed by atoms with E-state index in [1.54, 1.807) is 0 Å². The molecule has 0 unspecified atom stereocenters. The second-order valence-corrected chi connectivity index (χ2v) is 5.67. The number of hydrogen-bond acceptors (Lipinski definition) is 3. The van der Waals surface area contributed by atoms with Crippen molar-refractivity contribution in [1.82, 2.24) is 10.6 Å². The van der Waals surface area contributed by atoms with Crippen molar-refractivity contribution in [2.75, 3.05) is 31.1 Å². The standard InChI is InChI=1S/C16H21N3O2/c20-15(6-3-8-18-16(21)13-10-17-11-13)19-9-7-12-4-1-2-5-14(12)19/h1-2,4-5,13,17H,3,6-11H2,(H,18,21). The lowest BCUT2D eigenvalue weighted by Gasteiger charge is -2.25. The highest BCUT2D eigenvalue weighted by atomic mass is 16.2. The molecular formula is C16H21N3O2. The van der Waals surface area contributed by atoms with E-state index in [2.05, 4.69) is 16.7 Å². The summed E-state index contributed by atoms with van der Waals surface area (Å²) < 4.78 is 0. The zero-order chi connectivity index (χ0) is 14.7. The molecule has 1 aromatic rings. The highest BCUT2D eigenvalue weighted by Gasteiger charge is 2.25. The maximum atomic E-state index is 12.3. The van der Waals surface area contributed by atoms with Gasteiger partial charge in [-0.2, -0.15) is 0 Å². The number of benzene rings is 1. The SMILES string of the molecule is O=C(NCCCC(=O)N1CCc2ccccc21)C1CNC1. The van der Waals surface area contributed by atoms with Crippen molar-refractivity contribution < 1.29 is 9.59 Å². The monoisotopic (exact) mass is 287 g/mol. The van der Waals surface area contributed by atoms with Gasteiger partial charge in [0.05, 0.1) is 5.92 Å². The molecule has 5 nitrogen and oxygen atoms in total. The molecule has 1 fully saturated rings. The predicted octanol–water partition coefficient (Wildman–Crippen LogP) is 0.691. The van der Waals surface area contributed by atoms with Crippen LogP contribution in [0.25, 0.3) is 0 Å². The van der Waals surface area contributed by atoms with Crippen molar-refractivity contribution in [1.29, 1.82) is 0 Å². The molecular weight excluding hydrogens is 266 g/mol. The molecule has 2 heterocycles. The first-order chi connectivity index (χ1) is 10.3. The number of fused-ring (bicyclic) bond motifs is 1. The first-order valence-corrected chi connectivity index (χ1v) is 7.62.